The molecule has 60 heavy (non-hydrogen) atoms. The van der Waals surface area contributed by atoms with Crippen LogP contribution in [-0.2, 0) is 19.1 Å². The minimum atomic E-state index is -0.642. The van der Waals surface area contributed by atoms with Crippen molar-refractivity contribution in [2.75, 3.05) is 27.3 Å². The summed E-state index contributed by atoms with van der Waals surface area (Å²) in [6, 6.07) is 14.8. The van der Waals surface area contributed by atoms with Crippen LogP contribution >= 0.6 is 0 Å². The third-order valence-corrected chi connectivity index (χ3v) is 13.0. The number of alkyl carbamates (subject to hydrolysis) is 2. The van der Waals surface area contributed by atoms with Gasteiger partial charge in [0, 0.05) is 13.1 Å². The van der Waals surface area contributed by atoms with Gasteiger partial charge in [-0.05, 0) is 72.6 Å². The molecule has 0 bridgehead atoms. The van der Waals surface area contributed by atoms with Crippen LogP contribution in [0.5, 0.6) is 0 Å². The molecule has 4 aromatic rings. The Bertz CT molecular complexity index is 2150. The third kappa shape index (κ3) is 8.83. The van der Waals surface area contributed by atoms with Crippen molar-refractivity contribution in [3.63, 3.8) is 0 Å². The van der Waals surface area contributed by atoms with Crippen molar-refractivity contribution in [3.05, 3.63) is 84.7 Å². The first-order valence-electron chi connectivity index (χ1n) is 21.6. The molecule has 2 aromatic carbocycles. The van der Waals surface area contributed by atoms with Crippen molar-refractivity contribution in [2.45, 2.75) is 101 Å². The molecule has 1 unspecified atom stereocenters. The largest absolute Gasteiger partial charge is 0.453 e. The molecule has 2 saturated carbocycles. The molecule has 1 saturated heterocycles. The van der Waals surface area contributed by atoms with Crippen LogP contribution in [0.1, 0.15) is 101 Å². The molecule has 4 N–H and O–H groups in total. The number of ether oxygens (including phenoxy) is 2. The van der Waals surface area contributed by atoms with Crippen molar-refractivity contribution in [3.8, 4) is 33.6 Å². The summed E-state index contributed by atoms with van der Waals surface area (Å²) in [7, 11) is 2.65. The molecule has 4 heterocycles. The Balaban J connectivity index is 0.914. The molecule has 2 aromatic heterocycles. The van der Waals surface area contributed by atoms with Crippen LogP contribution in [0.4, 0.5) is 9.59 Å². The normalized spacial score (nSPS) is 20.8. The van der Waals surface area contributed by atoms with Crippen LogP contribution in [-0.4, -0.2) is 93.1 Å². The summed E-state index contributed by atoms with van der Waals surface area (Å²) in [6.07, 6.45) is 18.2. The van der Waals surface area contributed by atoms with Gasteiger partial charge in [0.1, 0.15) is 29.8 Å². The maximum Gasteiger partial charge on any atom is 0.407 e. The Morgan fingerprint density at radius 1 is 0.617 bits per heavy atom. The van der Waals surface area contributed by atoms with Crippen LogP contribution < -0.4 is 10.6 Å². The molecule has 0 spiro atoms. The molecule has 8 rings (SSSR count). The lowest BCUT2D eigenvalue weighted by Gasteiger charge is -2.34. The van der Waals surface area contributed by atoms with Gasteiger partial charge in [0.2, 0.25) is 11.8 Å². The molecule has 4 aliphatic rings. The van der Waals surface area contributed by atoms with E-state index in [1.165, 1.54) is 14.2 Å². The fraction of sp³-hybridized carbons (Fsp3) is 0.478. The lowest BCUT2D eigenvalue weighted by Crippen LogP contribution is -2.52. The molecule has 0 radical (unpaired) electrons. The molecule has 14 nitrogen and oxygen atoms in total. The van der Waals surface area contributed by atoms with E-state index >= 15 is 0 Å². The van der Waals surface area contributed by atoms with Gasteiger partial charge in [-0.1, -0.05) is 99.2 Å². The topological polar surface area (TPSA) is 175 Å². The van der Waals surface area contributed by atoms with Gasteiger partial charge < -0.3 is 39.9 Å². The van der Waals surface area contributed by atoms with Gasteiger partial charge in [-0.3, -0.25) is 9.59 Å². The smallest absolute Gasteiger partial charge is 0.407 e. The number of imidazole rings is 2. The number of carbonyl (C=O) groups is 4. The number of likely N-dealkylation sites (tertiary alicyclic amines) is 1. The number of rotatable bonds is 11. The second kappa shape index (κ2) is 18.6. The van der Waals surface area contributed by atoms with Gasteiger partial charge in [0.25, 0.3) is 0 Å². The zero-order valence-electron chi connectivity index (χ0n) is 34.5. The zero-order chi connectivity index (χ0) is 41.6. The summed E-state index contributed by atoms with van der Waals surface area (Å²) in [4.78, 5) is 72.6. The van der Waals surface area contributed by atoms with Crippen LogP contribution in [0, 0.1) is 11.8 Å². The summed E-state index contributed by atoms with van der Waals surface area (Å²) >= 11 is 0. The summed E-state index contributed by atoms with van der Waals surface area (Å²) in [5.74, 6) is 1.41. The highest BCUT2D eigenvalue weighted by Crippen LogP contribution is 2.36. The van der Waals surface area contributed by atoms with E-state index in [1.54, 1.807) is 11.1 Å². The van der Waals surface area contributed by atoms with Crippen LogP contribution in [0.3, 0.4) is 0 Å². The second-order valence-electron chi connectivity index (χ2n) is 16.6. The van der Waals surface area contributed by atoms with Gasteiger partial charge in [0.15, 0.2) is 0 Å². The highest BCUT2D eigenvalue weighted by molar-refractivity contribution is 5.87. The lowest BCUT2D eigenvalue weighted by molar-refractivity contribution is -0.136. The Labute approximate surface area is 350 Å². The van der Waals surface area contributed by atoms with E-state index in [4.69, 9.17) is 19.4 Å². The Morgan fingerprint density at radius 2 is 1.08 bits per heavy atom. The molecule has 3 fully saturated rings. The number of nitrogens with zero attached hydrogens (tertiary/aromatic N) is 4. The summed E-state index contributed by atoms with van der Waals surface area (Å²) in [5.41, 5.74) is 5.80. The maximum atomic E-state index is 14.0. The number of H-pyrrole nitrogens is 2. The van der Waals surface area contributed by atoms with E-state index < -0.39 is 24.3 Å². The second-order valence-corrected chi connectivity index (χ2v) is 16.6. The predicted molar refractivity (Wildman–Crippen MR) is 226 cm³/mol. The summed E-state index contributed by atoms with van der Waals surface area (Å²) in [6.45, 7) is 1.07. The van der Waals surface area contributed by atoms with E-state index in [9.17, 15) is 19.2 Å². The number of aromatic nitrogens is 4. The monoisotopic (exact) mass is 816 g/mol. The van der Waals surface area contributed by atoms with E-state index in [0.29, 0.717) is 18.9 Å². The van der Waals surface area contributed by atoms with Gasteiger partial charge >= 0.3 is 12.2 Å². The summed E-state index contributed by atoms with van der Waals surface area (Å²) in [5, 5.41) is 5.71. The first-order chi connectivity index (χ1) is 29.3. The molecule has 4 atom stereocenters. The van der Waals surface area contributed by atoms with Crippen molar-refractivity contribution in [1.82, 2.24) is 40.4 Å². The minimum absolute atomic E-state index is 0.0604. The fourth-order valence-corrected chi connectivity index (χ4v) is 9.70. The molecule has 14 heteroatoms. The maximum absolute atomic E-state index is 14.0. The van der Waals surface area contributed by atoms with Crippen molar-refractivity contribution in [1.29, 1.82) is 0 Å². The molecule has 2 aliphatic carbocycles. The Morgan fingerprint density at radius 3 is 1.60 bits per heavy atom. The van der Waals surface area contributed by atoms with Gasteiger partial charge in [-0.25, -0.2) is 19.6 Å². The average Bonchev–Trinajstić information content (AvgIpc) is 4.15. The number of hydrogen-bond donors (Lipinski definition) is 4. The third-order valence-electron chi connectivity index (χ3n) is 13.0. The SMILES string of the molecule is COC(=O)NC(C(=O)N1CC=C[C@H]1c1ncc(-c2ccc(-c3ccc(-c4cnc([C@@H]5CCCN5C(=O)[C@@H](NC(=O)OC)C5CCCCC5)[nH]4)cc3)cc2)[nH]1)C1CCCCC1. The van der Waals surface area contributed by atoms with E-state index in [1.807, 2.05) is 23.2 Å². The number of nitrogens with one attached hydrogen (secondary N) is 4. The minimum Gasteiger partial charge on any atom is -0.453 e. The average molecular weight is 817 g/mol. The van der Waals surface area contributed by atoms with Crippen molar-refractivity contribution < 1.29 is 28.7 Å². The van der Waals surface area contributed by atoms with Gasteiger partial charge in [-0.15, -0.1) is 0 Å². The van der Waals surface area contributed by atoms with Crippen LogP contribution in [0.15, 0.2) is 73.1 Å². The molecule has 2 aliphatic heterocycles. The number of aromatic amines is 2. The number of hydrogen-bond acceptors (Lipinski definition) is 8. The van der Waals surface area contributed by atoms with Crippen molar-refractivity contribution >= 4 is 24.0 Å². The van der Waals surface area contributed by atoms with Gasteiger partial charge in [-0.2, -0.15) is 0 Å². The number of carbonyl (C=O) groups excluding carboxylic acids is 4. The Kier molecular flexibility index (Phi) is 12.6. The summed E-state index contributed by atoms with van der Waals surface area (Å²) < 4.78 is 9.78. The van der Waals surface area contributed by atoms with Crippen molar-refractivity contribution in [2.24, 2.45) is 11.8 Å². The zero-order valence-corrected chi connectivity index (χ0v) is 34.5. The standard InChI is InChI=1S/C46H56N8O6/c1-59-45(57)51-39(33-11-5-3-6-12-33)43(55)53-25-9-15-37(53)41-47-27-35(49-41)31-21-17-29(18-22-31)30-19-23-32(24-20-30)36-28-48-42(50-36)38-16-10-26-54(38)44(56)40(52-46(58)60-2)34-13-7-4-8-14-34/h9,15,17-24,27-28,33-34,37-40H,3-8,10-14,16,25-26H2,1-2H3,(H,47,49)(H,48,50)(H,51,57)(H,52,58)/t37-,38-,39?,40-/m0/s1. The highest BCUT2D eigenvalue weighted by atomic mass is 16.5. The number of methoxy groups -OCH3 is 2. The molecule has 316 valence electrons. The van der Waals surface area contributed by atoms with Gasteiger partial charge in [0.05, 0.1) is 44.0 Å². The number of amides is 4. The van der Waals surface area contributed by atoms with E-state index in [2.05, 4.69) is 69.1 Å². The fourth-order valence-electron chi connectivity index (χ4n) is 9.70. The van der Waals surface area contributed by atoms with E-state index in [-0.39, 0.29) is 35.7 Å². The predicted octanol–water partition coefficient (Wildman–Crippen LogP) is 7.85. The Hall–Kier alpha value is -5.92. The number of benzene rings is 2. The molecular formula is C46H56N8O6. The molecular weight excluding hydrogens is 761 g/mol. The van der Waals surface area contributed by atoms with Crippen LogP contribution in [0.25, 0.3) is 33.6 Å². The van der Waals surface area contributed by atoms with Crippen LogP contribution in [0.2, 0.25) is 0 Å². The quantitative estimate of drug-likeness (QED) is 0.111. The first kappa shape index (κ1) is 40.8. The van der Waals surface area contributed by atoms with E-state index in [0.717, 1.165) is 117 Å². The lowest BCUT2D eigenvalue weighted by atomic mass is 9.83. The highest BCUT2D eigenvalue weighted by Gasteiger charge is 2.41. The first-order valence-corrected chi connectivity index (χ1v) is 21.6. The molecule has 4 amide bonds.